The Labute approximate surface area is 247 Å². The lowest BCUT2D eigenvalue weighted by atomic mass is 9.98. The fourth-order valence-corrected chi connectivity index (χ4v) is 5.65. The van der Waals surface area contributed by atoms with Gasteiger partial charge in [0.05, 0.1) is 11.4 Å². The molecule has 0 saturated heterocycles. The molecule has 3 heteroatoms. The van der Waals surface area contributed by atoms with Crippen molar-refractivity contribution in [1.82, 2.24) is 0 Å². The van der Waals surface area contributed by atoms with Crippen molar-refractivity contribution in [3.8, 4) is 0 Å². The van der Waals surface area contributed by atoms with E-state index in [1.807, 2.05) is 30.3 Å². The molecule has 224 valence electrons. The molecular weight excluding hydrogens is 488 g/mol. The van der Waals surface area contributed by atoms with Crippen molar-refractivity contribution < 1.29 is 4.79 Å². The highest BCUT2D eigenvalue weighted by Crippen LogP contribution is 2.36. The van der Waals surface area contributed by atoms with Gasteiger partial charge in [-0.1, -0.05) is 141 Å². The molecule has 0 bridgehead atoms. The Morgan fingerprint density at radius 1 is 0.500 bits per heavy atom. The van der Waals surface area contributed by atoms with Gasteiger partial charge in [-0.3, -0.25) is 4.79 Å². The van der Waals surface area contributed by atoms with Crippen LogP contribution in [0.2, 0.25) is 0 Å². The van der Waals surface area contributed by atoms with Gasteiger partial charge in [0, 0.05) is 37.3 Å². The van der Waals surface area contributed by atoms with E-state index in [2.05, 4.69) is 55.7 Å². The maximum absolute atomic E-state index is 14.1. The maximum atomic E-state index is 14.1. The molecular formula is C37H60N2O. The van der Waals surface area contributed by atoms with Gasteiger partial charge in [0.1, 0.15) is 0 Å². The molecule has 0 radical (unpaired) electrons. The van der Waals surface area contributed by atoms with E-state index in [0.717, 1.165) is 37.3 Å². The highest BCUT2D eigenvalue weighted by Gasteiger charge is 2.24. The molecule has 3 nitrogen and oxygen atoms in total. The van der Waals surface area contributed by atoms with E-state index in [1.54, 1.807) is 0 Å². The van der Waals surface area contributed by atoms with Gasteiger partial charge < -0.3 is 9.80 Å². The highest BCUT2D eigenvalue weighted by atomic mass is 16.1. The van der Waals surface area contributed by atoms with E-state index in [4.69, 9.17) is 0 Å². The number of hydrogen-bond acceptors (Lipinski definition) is 3. The van der Waals surface area contributed by atoms with E-state index in [0.29, 0.717) is 0 Å². The summed E-state index contributed by atoms with van der Waals surface area (Å²) in [5.41, 5.74) is 4.13. The lowest BCUT2D eigenvalue weighted by Crippen LogP contribution is -2.33. The molecule has 0 amide bonds. The highest BCUT2D eigenvalue weighted by molar-refractivity contribution is 6.14. The maximum Gasteiger partial charge on any atom is 0.195 e. The van der Waals surface area contributed by atoms with Crippen LogP contribution in [0.5, 0.6) is 0 Å². The standard InChI is InChI=1S/C37H60N2O/c1-5-9-13-20-29-38(30-21-14-10-6-2)35-28-24-27-34(37(40)33-25-18-17-19-26-33)36(35)39(31-22-15-11-7-3)32-23-16-12-8-4/h17-19,24-28H,5-16,20-23,29-32H2,1-4H3. The second-order valence-electron chi connectivity index (χ2n) is 11.6. The normalized spacial score (nSPS) is 11.1. The number of unbranched alkanes of at least 4 members (excludes halogenated alkanes) is 12. The Kier molecular flexibility index (Phi) is 18.2. The Morgan fingerprint density at radius 3 is 1.40 bits per heavy atom. The van der Waals surface area contributed by atoms with E-state index in [-0.39, 0.29) is 5.78 Å². The van der Waals surface area contributed by atoms with E-state index in [1.165, 1.54) is 114 Å². The monoisotopic (exact) mass is 548 g/mol. The van der Waals surface area contributed by atoms with Gasteiger partial charge in [-0.2, -0.15) is 0 Å². The van der Waals surface area contributed by atoms with E-state index >= 15 is 0 Å². The summed E-state index contributed by atoms with van der Waals surface area (Å²) < 4.78 is 0. The molecule has 0 aromatic heterocycles. The first kappa shape index (κ1) is 33.9. The van der Waals surface area contributed by atoms with E-state index in [9.17, 15) is 4.79 Å². The molecule has 2 rings (SSSR count). The smallest absolute Gasteiger partial charge is 0.195 e. The summed E-state index contributed by atoms with van der Waals surface area (Å²) in [5.74, 6) is 0.154. The molecule has 0 saturated carbocycles. The minimum Gasteiger partial charge on any atom is -0.370 e. The van der Waals surface area contributed by atoms with Crippen LogP contribution in [0.25, 0.3) is 0 Å². The number of carbonyl (C=O) groups excluding carboxylic acids is 1. The predicted molar refractivity (Wildman–Crippen MR) is 177 cm³/mol. The predicted octanol–water partition coefficient (Wildman–Crippen LogP) is 10.9. The zero-order valence-corrected chi connectivity index (χ0v) is 26.6. The summed E-state index contributed by atoms with van der Waals surface area (Å²) in [6.45, 7) is 13.3. The van der Waals surface area contributed by atoms with Crippen LogP contribution >= 0.6 is 0 Å². The third-order valence-electron chi connectivity index (χ3n) is 8.08. The second kappa shape index (κ2) is 21.5. The quantitative estimate of drug-likeness (QED) is 0.0962. The van der Waals surface area contributed by atoms with Gasteiger partial charge >= 0.3 is 0 Å². The van der Waals surface area contributed by atoms with Crippen LogP contribution in [0.4, 0.5) is 11.4 Å². The number of hydrogen-bond donors (Lipinski definition) is 0. The van der Waals surface area contributed by atoms with Gasteiger partial charge in [0.25, 0.3) is 0 Å². The van der Waals surface area contributed by atoms with Crippen LogP contribution < -0.4 is 9.80 Å². The molecule has 0 aliphatic heterocycles. The number of ketones is 1. The van der Waals surface area contributed by atoms with E-state index < -0.39 is 0 Å². The van der Waals surface area contributed by atoms with Gasteiger partial charge in [-0.25, -0.2) is 0 Å². The summed E-state index contributed by atoms with van der Waals surface area (Å²) >= 11 is 0. The lowest BCUT2D eigenvalue weighted by Gasteiger charge is -2.34. The molecule has 0 N–H and O–H groups in total. The third kappa shape index (κ3) is 12.1. The molecule has 2 aromatic rings. The van der Waals surface area contributed by atoms with Gasteiger partial charge in [0.15, 0.2) is 5.78 Å². The van der Waals surface area contributed by atoms with Crippen LogP contribution in [-0.4, -0.2) is 32.0 Å². The molecule has 0 aliphatic carbocycles. The zero-order valence-electron chi connectivity index (χ0n) is 26.6. The number of nitrogens with zero attached hydrogens (tertiary/aromatic N) is 2. The average molecular weight is 549 g/mol. The van der Waals surface area contributed by atoms with Crippen molar-refractivity contribution in [2.24, 2.45) is 0 Å². The molecule has 2 aromatic carbocycles. The van der Waals surface area contributed by atoms with Crippen molar-refractivity contribution in [3.05, 3.63) is 59.7 Å². The average Bonchev–Trinajstić information content (AvgIpc) is 2.99. The Bertz CT molecular complexity index is 886. The van der Waals surface area contributed by atoms with Gasteiger partial charge in [0.2, 0.25) is 0 Å². The number of para-hydroxylation sites is 1. The Balaban J connectivity index is 2.53. The molecule has 0 heterocycles. The SMILES string of the molecule is CCCCCCN(CCCCCC)c1cccc(C(=O)c2ccccc2)c1N(CCCCCC)CCCCCC. The molecule has 0 aliphatic rings. The zero-order chi connectivity index (χ0) is 28.8. The Morgan fingerprint density at radius 2 is 0.950 bits per heavy atom. The fourth-order valence-electron chi connectivity index (χ4n) is 5.65. The van der Waals surface area contributed by atoms with Crippen molar-refractivity contribution in [2.75, 3.05) is 36.0 Å². The first-order chi connectivity index (χ1) is 19.7. The summed E-state index contributed by atoms with van der Waals surface area (Å²) in [5, 5.41) is 0. The van der Waals surface area contributed by atoms with Crippen molar-refractivity contribution in [1.29, 1.82) is 0 Å². The number of benzene rings is 2. The van der Waals surface area contributed by atoms with Crippen LogP contribution in [-0.2, 0) is 0 Å². The molecule has 0 fully saturated rings. The van der Waals surface area contributed by atoms with Crippen molar-refractivity contribution >= 4 is 17.2 Å². The molecule has 0 unspecified atom stereocenters. The lowest BCUT2D eigenvalue weighted by molar-refractivity contribution is 0.103. The fraction of sp³-hybridized carbons (Fsp3) is 0.649. The first-order valence-corrected chi connectivity index (χ1v) is 16.9. The first-order valence-electron chi connectivity index (χ1n) is 16.9. The molecule has 0 atom stereocenters. The van der Waals surface area contributed by atoms with Gasteiger partial charge in [-0.05, 0) is 37.8 Å². The van der Waals surface area contributed by atoms with Crippen molar-refractivity contribution in [3.63, 3.8) is 0 Å². The van der Waals surface area contributed by atoms with Crippen molar-refractivity contribution in [2.45, 2.75) is 130 Å². The second-order valence-corrected chi connectivity index (χ2v) is 11.6. The minimum atomic E-state index is 0.154. The van der Waals surface area contributed by atoms with Crippen LogP contribution in [0.3, 0.4) is 0 Å². The number of anilines is 2. The molecule has 0 spiro atoms. The van der Waals surface area contributed by atoms with Gasteiger partial charge in [-0.15, -0.1) is 0 Å². The summed E-state index contributed by atoms with van der Waals surface area (Å²) in [6.07, 6.45) is 20.0. The number of rotatable bonds is 24. The van der Waals surface area contributed by atoms with Crippen LogP contribution in [0.1, 0.15) is 146 Å². The van der Waals surface area contributed by atoms with Crippen LogP contribution in [0, 0.1) is 0 Å². The Hall–Kier alpha value is -2.29. The van der Waals surface area contributed by atoms with Crippen LogP contribution in [0.15, 0.2) is 48.5 Å². The summed E-state index contributed by atoms with van der Waals surface area (Å²) in [4.78, 5) is 19.3. The summed E-state index contributed by atoms with van der Waals surface area (Å²) in [7, 11) is 0. The minimum absolute atomic E-state index is 0.154. The molecule has 40 heavy (non-hydrogen) atoms. The number of carbonyl (C=O) groups is 1. The third-order valence-corrected chi connectivity index (χ3v) is 8.08. The largest absolute Gasteiger partial charge is 0.370 e. The summed E-state index contributed by atoms with van der Waals surface area (Å²) in [6, 6.07) is 16.4. The topological polar surface area (TPSA) is 23.6 Å².